The minimum Gasteiger partial charge on any atom is -0.478 e. The number of nitro benzene ring substituents is 1. The van der Waals surface area contributed by atoms with Gasteiger partial charge in [-0.15, -0.1) is 0 Å². The quantitative estimate of drug-likeness (QED) is 0.335. The van der Waals surface area contributed by atoms with Crippen molar-refractivity contribution in [2.24, 2.45) is 0 Å². The lowest BCUT2D eigenvalue weighted by molar-refractivity contribution is -0.384. The summed E-state index contributed by atoms with van der Waals surface area (Å²) in [6, 6.07) is 16.0. The van der Waals surface area contributed by atoms with Gasteiger partial charge >= 0.3 is 6.18 Å². The highest BCUT2D eigenvalue weighted by molar-refractivity contribution is 5.97. The molecule has 1 N–H and O–H groups in total. The molecule has 0 aromatic heterocycles. The number of anilines is 1. The number of hydrogen-bond donors (Lipinski definition) is 1. The van der Waals surface area contributed by atoms with E-state index in [9.17, 15) is 28.1 Å². The van der Waals surface area contributed by atoms with E-state index in [1.165, 1.54) is 38.1 Å². The van der Waals surface area contributed by atoms with Gasteiger partial charge in [-0.3, -0.25) is 14.9 Å². The van der Waals surface area contributed by atoms with Crippen LogP contribution in [-0.4, -0.2) is 16.4 Å². The Bertz CT molecular complexity index is 1130. The second kappa shape index (κ2) is 9.19. The summed E-state index contributed by atoms with van der Waals surface area (Å²) in [7, 11) is 0. The van der Waals surface area contributed by atoms with Gasteiger partial charge in [0.1, 0.15) is 17.2 Å². The van der Waals surface area contributed by atoms with Crippen molar-refractivity contribution in [1.29, 1.82) is 0 Å². The highest BCUT2D eigenvalue weighted by Gasteiger charge is 2.32. The molecule has 0 saturated heterocycles. The van der Waals surface area contributed by atoms with Gasteiger partial charge in [0.25, 0.3) is 11.6 Å². The van der Waals surface area contributed by atoms with Crippen LogP contribution < -0.4 is 14.8 Å². The number of hydrogen-bond acceptors (Lipinski definition) is 5. The van der Waals surface area contributed by atoms with E-state index < -0.39 is 28.2 Å². The predicted octanol–water partition coefficient (Wildman–Crippen LogP) is 6.20. The molecule has 0 fully saturated rings. The number of nitrogens with zero attached hydrogens (tertiary/aromatic N) is 1. The molecule has 172 valence electrons. The van der Waals surface area contributed by atoms with Crippen LogP contribution in [-0.2, 0) is 11.0 Å². The fourth-order valence-electron chi connectivity index (χ4n) is 2.71. The van der Waals surface area contributed by atoms with Crippen LogP contribution in [0.2, 0.25) is 0 Å². The number of alkyl halides is 3. The van der Waals surface area contributed by atoms with E-state index in [0.29, 0.717) is 17.2 Å². The molecule has 1 amide bonds. The van der Waals surface area contributed by atoms with Gasteiger partial charge in [0.2, 0.25) is 0 Å². The molecule has 10 heteroatoms. The summed E-state index contributed by atoms with van der Waals surface area (Å²) in [5.74, 6) is 0.465. The van der Waals surface area contributed by atoms with Gasteiger partial charge in [0, 0.05) is 17.8 Å². The van der Waals surface area contributed by atoms with Gasteiger partial charge in [-0.05, 0) is 74.5 Å². The monoisotopic (exact) mass is 460 g/mol. The maximum Gasteiger partial charge on any atom is 0.416 e. The SMILES string of the molecule is CC(C)(Oc1ccc(C(F)(F)F)cc1)C(=O)Nc1ccc(Oc2ccc([N+](=O)[O-])cc2)cc1. The molecular weight excluding hydrogens is 441 g/mol. The van der Waals surface area contributed by atoms with Crippen LogP contribution in [0.25, 0.3) is 0 Å². The molecule has 0 unspecified atom stereocenters. The van der Waals surface area contributed by atoms with Crippen molar-refractivity contribution < 1.29 is 32.4 Å². The lowest BCUT2D eigenvalue weighted by atomic mass is 10.1. The Balaban J connectivity index is 1.60. The van der Waals surface area contributed by atoms with Gasteiger partial charge in [0.05, 0.1) is 10.5 Å². The normalized spacial score (nSPS) is 11.5. The molecule has 0 aliphatic rings. The van der Waals surface area contributed by atoms with Gasteiger partial charge < -0.3 is 14.8 Å². The summed E-state index contributed by atoms with van der Waals surface area (Å²) in [5.41, 5.74) is -1.79. The highest BCUT2D eigenvalue weighted by atomic mass is 19.4. The lowest BCUT2D eigenvalue weighted by Crippen LogP contribution is -2.42. The van der Waals surface area contributed by atoms with E-state index in [4.69, 9.17) is 9.47 Å². The first-order valence-electron chi connectivity index (χ1n) is 9.64. The number of rotatable bonds is 7. The molecule has 3 aromatic rings. The van der Waals surface area contributed by atoms with Crippen molar-refractivity contribution in [3.63, 3.8) is 0 Å². The number of nitro groups is 1. The molecule has 3 aromatic carbocycles. The Morgan fingerprint density at radius 3 is 1.82 bits per heavy atom. The molecular formula is C23H19F3N2O5. The number of non-ortho nitro benzene ring substituents is 1. The third-order valence-corrected chi connectivity index (χ3v) is 4.50. The predicted molar refractivity (Wildman–Crippen MR) is 114 cm³/mol. The average Bonchev–Trinajstić information content (AvgIpc) is 2.75. The van der Waals surface area contributed by atoms with Gasteiger partial charge in [0.15, 0.2) is 5.60 Å². The van der Waals surface area contributed by atoms with Crippen molar-refractivity contribution in [3.05, 3.63) is 88.5 Å². The van der Waals surface area contributed by atoms with Gasteiger partial charge in [-0.1, -0.05) is 0 Å². The van der Waals surface area contributed by atoms with E-state index in [1.54, 1.807) is 24.3 Å². The number of ether oxygens (including phenoxy) is 2. The van der Waals surface area contributed by atoms with Crippen molar-refractivity contribution in [3.8, 4) is 17.2 Å². The van der Waals surface area contributed by atoms with Crippen molar-refractivity contribution in [1.82, 2.24) is 0 Å². The van der Waals surface area contributed by atoms with Crippen molar-refractivity contribution >= 4 is 17.3 Å². The van der Waals surface area contributed by atoms with Crippen LogP contribution in [0.1, 0.15) is 19.4 Å². The molecule has 7 nitrogen and oxygen atoms in total. The Morgan fingerprint density at radius 2 is 1.33 bits per heavy atom. The first-order valence-corrected chi connectivity index (χ1v) is 9.64. The summed E-state index contributed by atoms with van der Waals surface area (Å²) in [6.45, 7) is 2.98. The summed E-state index contributed by atoms with van der Waals surface area (Å²) in [4.78, 5) is 22.8. The largest absolute Gasteiger partial charge is 0.478 e. The third-order valence-electron chi connectivity index (χ3n) is 4.50. The summed E-state index contributed by atoms with van der Waals surface area (Å²) in [6.07, 6.45) is -4.46. The Morgan fingerprint density at radius 1 is 0.848 bits per heavy atom. The molecule has 0 saturated carbocycles. The second-order valence-corrected chi connectivity index (χ2v) is 7.47. The second-order valence-electron chi connectivity index (χ2n) is 7.47. The number of carbonyl (C=O) groups is 1. The molecule has 3 rings (SSSR count). The zero-order valence-corrected chi connectivity index (χ0v) is 17.6. The summed E-state index contributed by atoms with van der Waals surface area (Å²) >= 11 is 0. The summed E-state index contributed by atoms with van der Waals surface area (Å²) in [5, 5.41) is 13.4. The van der Waals surface area contributed by atoms with Crippen LogP contribution in [0.3, 0.4) is 0 Å². The van der Waals surface area contributed by atoms with Crippen LogP contribution in [0.5, 0.6) is 17.2 Å². The van der Waals surface area contributed by atoms with Crippen molar-refractivity contribution in [2.45, 2.75) is 25.6 Å². The van der Waals surface area contributed by atoms with E-state index in [-0.39, 0.29) is 11.4 Å². The smallest absolute Gasteiger partial charge is 0.416 e. The lowest BCUT2D eigenvalue weighted by Gasteiger charge is -2.25. The molecule has 0 spiro atoms. The van der Waals surface area contributed by atoms with Crippen molar-refractivity contribution in [2.75, 3.05) is 5.32 Å². The minimum absolute atomic E-state index is 0.0541. The number of nitrogens with one attached hydrogen (secondary N) is 1. The average molecular weight is 460 g/mol. The highest BCUT2D eigenvalue weighted by Crippen LogP contribution is 2.31. The Labute approximate surface area is 186 Å². The maximum absolute atomic E-state index is 12.7. The Hall–Kier alpha value is -4.08. The third kappa shape index (κ3) is 6.22. The molecule has 33 heavy (non-hydrogen) atoms. The minimum atomic E-state index is -4.46. The molecule has 0 bridgehead atoms. The van der Waals surface area contributed by atoms with E-state index in [0.717, 1.165) is 24.3 Å². The van der Waals surface area contributed by atoms with E-state index in [2.05, 4.69) is 5.32 Å². The molecule has 0 atom stereocenters. The standard InChI is InChI=1S/C23H19F3N2O5/c1-22(2,33-20-9-3-15(4-10-20)23(24,25)26)21(29)27-16-5-11-18(12-6-16)32-19-13-7-17(8-14-19)28(30)31/h3-14H,1-2H3,(H,27,29). The Kier molecular flexibility index (Phi) is 6.57. The van der Waals surface area contributed by atoms with Crippen LogP contribution in [0.15, 0.2) is 72.8 Å². The zero-order valence-electron chi connectivity index (χ0n) is 17.6. The van der Waals surface area contributed by atoms with Crippen LogP contribution in [0, 0.1) is 10.1 Å². The molecule has 0 aliphatic carbocycles. The van der Waals surface area contributed by atoms with Crippen LogP contribution in [0.4, 0.5) is 24.5 Å². The fraction of sp³-hybridized carbons (Fsp3) is 0.174. The number of carbonyl (C=O) groups excluding carboxylic acids is 1. The van der Waals surface area contributed by atoms with Gasteiger partial charge in [-0.25, -0.2) is 0 Å². The zero-order chi connectivity index (χ0) is 24.2. The first kappa shape index (κ1) is 23.6. The number of benzene rings is 3. The number of amides is 1. The maximum atomic E-state index is 12.7. The van der Waals surface area contributed by atoms with Gasteiger partial charge in [-0.2, -0.15) is 13.2 Å². The van der Waals surface area contributed by atoms with E-state index in [1.807, 2.05) is 0 Å². The fourth-order valence-corrected chi connectivity index (χ4v) is 2.71. The molecule has 0 heterocycles. The van der Waals surface area contributed by atoms with E-state index >= 15 is 0 Å². The molecule has 0 aliphatic heterocycles. The topological polar surface area (TPSA) is 90.7 Å². The first-order chi connectivity index (χ1) is 15.4. The number of halogens is 3. The van der Waals surface area contributed by atoms with Crippen LogP contribution >= 0.6 is 0 Å². The summed E-state index contributed by atoms with van der Waals surface area (Å²) < 4.78 is 49.2. The molecule has 0 radical (unpaired) electrons.